The third kappa shape index (κ3) is 4.84. The average molecular weight is 497 g/mol. The van der Waals surface area contributed by atoms with Gasteiger partial charge in [0.25, 0.3) is 0 Å². The molecule has 4 nitrogen and oxygen atoms in total. The fourth-order valence-corrected chi connectivity index (χ4v) is 3.88. The van der Waals surface area contributed by atoms with Crippen LogP contribution in [-0.2, 0) is 9.53 Å². The van der Waals surface area contributed by atoms with Gasteiger partial charge in [0.2, 0.25) is 5.90 Å². The minimum atomic E-state index is -0.579. The predicted octanol–water partition coefficient (Wildman–Crippen LogP) is 5.87. The number of rotatable bonds is 6. The van der Waals surface area contributed by atoms with Crippen molar-refractivity contribution in [2.75, 3.05) is 6.61 Å². The molecule has 0 aromatic heterocycles. The number of cyclic esters (lactones) is 1. The second kappa shape index (κ2) is 8.80. The molecule has 1 aliphatic rings. The number of unbranched alkanes of at least 4 members (excludes halogenated alkanes) is 1. The first-order valence-corrected chi connectivity index (χ1v) is 9.97. The Kier molecular flexibility index (Phi) is 6.44. The van der Waals surface area contributed by atoms with Gasteiger partial charge >= 0.3 is 5.97 Å². The Balaban J connectivity index is 1.86. The number of hydrogen-bond acceptors (Lipinski definition) is 4. The standard InChI is InChI=1S/C20H16Br2FNO3/c1-2-3-7-26-18-15(21)8-12(9-16(18)22)10-17-20(25)27-19(24-17)13-5-4-6-14(23)11-13/h4-6,8-11H,2-3,7H2,1H3/b17-10-. The fraction of sp³-hybridized carbons (Fsp3) is 0.200. The SMILES string of the molecule is CCCCOc1c(Br)cc(/C=C2\N=C(c3cccc(F)c3)OC2=O)cc1Br. The van der Waals surface area contributed by atoms with Crippen LogP contribution in [0.5, 0.6) is 5.75 Å². The Morgan fingerprint density at radius 3 is 2.63 bits per heavy atom. The van der Waals surface area contributed by atoms with Crippen LogP contribution in [0.15, 0.2) is 56.0 Å². The zero-order chi connectivity index (χ0) is 19.4. The first-order valence-electron chi connectivity index (χ1n) is 8.38. The lowest BCUT2D eigenvalue weighted by molar-refractivity contribution is -0.129. The Bertz CT molecular complexity index is 918. The molecule has 2 aromatic carbocycles. The van der Waals surface area contributed by atoms with Crippen LogP contribution >= 0.6 is 31.9 Å². The Hall–Kier alpha value is -1.99. The van der Waals surface area contributed by atoms with Gasteiger partial charge in [0.15, 0.2) is 5.70 Å². The average Bonchev–Trinajstić information content (AvgIpc) is 2.98. The third-order valence-electron chi connectivity index (χ3n) is 3.76. The maximum atomic E-state index is 13.4. The monoisotopic (exact) mass is 495 g/mol. The summed E-state index contributed by atoms with van der Waals surface area (Å²) in [6.45, 7) is 2.73. The van der Waals surface area contributed by atoms with Gasteiger partial charge in [-0.3, -0.25) is 0 Å². The van der Waals surface area contributed by atoms with Crippen LogP contribution in [0.2, 0.25) is 0 Å². The number of carbonyl (C=O) groups excluding carboxylic acids is 1. The molecule has 7 heteroatoms. The Morgan fingerprint density at radius 1 is 1.22 bits per heavy atom. The lowest BCUT2D eigenvalue weighted by Crippen LogP contribution is -2.05. The number of carbonyl (C=O) groups is 1. The molecule has 2 aromatic rings. The van der Waals surface area contributed by atoms with E-state index in [1.165, 1.54) is 18.2 Å². The van der Waals surface area contributed by atoms with E-state index in [9.17, 15) is 9.18 Å². The van der Waals surface area contributed by atoms with Gasteiger partial charge in [-0.15, -0.1) is 0 Å². The first kappa shape index (κ1) is 19.8. The van der Waals surface area contributed by atoms with E-state index in [0.29, 0.717) is 17.9 Å². The summed E-state index contributed by atoms with van der Waals surface area (Å²) in [5.41, 5.74) is 1.30. The molecule has 0 atom stereocenters. The molecular weight excluding hydrogens is 481 g/mol. The molecule has 1 heterocycles. The van der Waals surface area contributed by atoms with Crippen molar-refractivity contribution in [1.82, 2.24) is 0 Å². The van der Waals surface area contributed by atoms with Gasteiger partial charge in [0.05, 0.1) is 15.6 Å². The van der Waals surface area contributed by atoms with Crippen LogP contribution in [0.4, 0.5) is 4.39 Å². The van der Waals surface area contributed by atoms with Crippen molar-refractivity contribution in [3.63, 3.8) is 0 Å². The summed E-state index contributed by atoms with van der Waals surface area (Å²) in [7, 11) is 0. The molecule has 0 N–H and O–H groups in total. The first-order chi connectivity index (χ1) is 13.0. The number of ether oxygens (including phenoxy) is 2. The highest BCUT2D eigenvalue weighted by Gasteiger charge is 2.24. The van der Waals surface area contributed by atoms with E-state index in [0.717, 1.165) is 27.4 Å². The van der Waals surface area contributed by atoms with Crippen LogP contribution in [0.1, 0.15) is 30.9 Å². The number of hydrogen-bond donors (Lipinski definition) is 0. The van der Waals surface area contributed by atoms with E-state index < -0.39 is 11.8 Å². The van der Waals surface area contributed by atoms with Gasteiger partial charge in [-0.05, 0) is 80.3 Å². The van der Waals surface area contributed by atoms with Crippen LogP contribution in [0.3, 0.4) is 0 Å². The van der Waals surface area contributed by atoms with E-state index >= 15 is 0 Å². The minimum Gasteiger partial charge on any atom is -0.491 e. The number of esters is 1. The molecule has 0 saturated carbocycles. The van der Waals surface area contributed by atoms with Gasteiger partial charge < -0.3 is 9.47 Å². The summed E-state index contributed by atoms with van der Waals surface area (Å²) in [5, 5.41) is 0. The van der Waals surface area contributed by atoms with Crippen LogP contribution < -0.4 is 4.74 Å². The van der Waals surface area contributed by atoms with Crippen molar-refractivity contribution in [3.05, 3.63) is 68.0 Å². The smallest absolute Gasteiger partial charge is 0.363 e. The molecule has 0 unspecified atom stereocenters. The quantitative estimate of drug-likeness (QED) is 0.285. The van der Waals surface area contributed by atoms with Gasteiger partial charge in [-0.1, -0.05) is 19.4 Å². The van der Waals surface area contributed by atoms with Crippen LogP contribution in [-0.4, -0.2) is 18.5 Å². The number of nitrogens with zero attached hydrogens (tertiary/aromatic N) is 1. The maximum absolute atomic E-state index is 13.4. The molecule has 0 bridgehead atoms. The molecule has 0 amide bonds. The van der Waals surface area contributed by atoms with Gasteiger partial charge in [0.1, 0.15) is 11.6 Å². The van der Waals surface area contributed by atoms with E-state index in [1.54, 1.807) is 12.1 Å². The molecule has 1 aliphatic heterocycles. The largest absolute Gasteiger partial charge is 0.491 e. The molecule has 3 rings (SSSR count). The summed E-state index contributed by atoms with van der Waals surface area (Å²) in [5.74, 6) is -0.202. The number of benzene rings is 2. The van der Waals surface area contributed by atoms with Crippen molar-refractivity contribution in [2.24, 2.45) is 4.99 Å². The summed E-state index contributed by atoms with van der Waals surface area (Å²) >= 11 is 6.99. The van der Waals surface area contributed by atoms with E-state index in [4.69, 9.17) is 9.47 Å². The van der Waals surface area contributed by atoms with E-state index in [-0.39, 0.29) is 11.6 Å². The highest BCUT2D eigenvalue weighted by molar-refractivity contribution is 9.11. The van der Waals surface area contributed by atoms with E-state index in [1.807, 2.05) is 12.1 Å². The second-order valence-electron chi connectivity index (χ2n) is 5.86. The minimum absolute atomic E-state index is 0.0865. The topological polar surface area (TPSA) is 47.9 Å². The lowest BCUT2D eigenvalue weighted by Gasteiger charge is -2.11. The summed E-state index contributed by atoms with van der Waals surface area (Å²) in [6, 6.07) is 9.42. The zero-order valence-electron chi connectivity index (χ0n) is 14.5. The van der Waals surface area contributed by atoms with Gasteiger partial charge in [-0.2, -0.15) is 0 Å². The normalized spacial score (nSPS) is 15.0. The highest BCUT2D eigenvalue weighted by Crippen LogP contribution is 2.36. The van der Waals surface area contributed by atoms with Gasteiger partial charge in [-0.25, -0.2) is 14.2 Å². The van der Waals surface area contributed by atoms with Crippen molar-refractivity contribution < 1.29 is 18.7 Å². The van der Waals surface area contributed by atoms with Crippen molar-refractivity contribution in [2.45, 2.75) is 19.8 Å². The summed E-state index contributed by atoms with van der Waals surface area (Å²) < 4.78 is 25.8. The molecule has 0 saturated heterocycles. The van der Waals surface area contributed by atoms with Crippen LogP contribution in [0.25, 0.3) is 6.08 Å². The summed E-state index contributed by atoms with van der Waals surface area (Å²) in [4.78, 5) is 16.3. The Morgan fingerprint density at radius 2 is 1.96 bits per heavy atom. The zero-order valence-corrected chi connectivity index (χ0v) is 17.6. The molecular formula is C20H16Br2FNO3. The molecule has 140 valence electrons. The maximum Gasteiger partial charge on any atom is 0.363 e. The van der Waals surface area contributed by atoms with Crippen molar-refractivity contribution >= 4 is 49.8 Å². The van der Waals surface area contributed by atoms with Crippen molar-refractivity contribution in [1.29, 1.82) is 0 Å². The fourth-order valence-electron chi connectivity index (χ4n) is 2.43. The highest BCUT2D eigenvalue weighted by atomic mass is 79.9. The van der Waals surface area contributed by atoms with Crippen LogP contribution in [0, 0.1) is 5.82 Å². The molecule has 0 radical (unpaired) electrons. The number of halogens is 3. The second-order valence-corrected chi connectivity index (χ2v) is 7.57. The summed E-state index contributed by atoms with van der Waals surface area (Å²) in [6.07, 6.45) is 3.63. The molecule has 0 spiro atoms. The van der Waals surface area contributed by atoms with E-state index in [2.05, 4.69) is 43.8 Å². The van der Waals surface area contributed by atoms with Crippen molar-refractivity contribution in [3.8, 4) is 5.75 Å². The predicted molar refractivity (Wildman–Crippen MR) is 109 cm³/mol. The molecule has 0 fully saturated rings. The molecule has 27 heavy (non-hydrogen) atoms. The van der Waals surface area contributed by atoms with Gasteiger partial charge in [0, 0.05) is 5.56 Å². The number of aliphatic imine (C=N–C) groups is 1. The molecule has 0 aliphatic carbocycles. The Labute approximate surface area is 173 Å². The third-order valence-corrected chi connectivity index (χ3v) is 4.94. The lowest BCUT2D eigenvalue weighted by atomic mass is 10.2.